The SMILES string of the molecule is c1ccc(C2CC2NCC2NCC3CCCC32)cc1. The van der Waals surface area contributed by atoms with Crippen LogP contribution in [0.1, 0.15) is 37.2 Å². The molecule has 0 spiro atoms. The van der Waals surface area contributed by atoms with Crippen molar-refractivity contribution in [3.05, 3.63) is 35.9 Å². The van der Waals surface area contributed by atoms with Gasteiger partial charge in [0.25, 0.3) is 0 Å². The fraction of sp³-hybridized carbons (Fsp3) is 0.647. The molecule has 5 atom stereocenters. The minimum atomic E-state index is 0.727. The molecular weight excluding hydrogens is 232 g/mol. The molecule has 1 heterocycles. The predicted molar refractivity (Wildman–Crippen MR) is 78.2 cm³/mol. The molecule has 3 fully saturated rings. The molecule has 1 saturated heterocycles. The molecule has 2 N–H and O–H groups in total. The van der Waals surface area contributed by atoms with Crippen LogP contribution < -0.4 is 10.6 Å². The van der Waals surface area contributed by atoms with Gasteiger partial charge < -0.3 is 10.6 Å². The van der Waals surface area contributed by atoms with Crippen LogP contribution in [0.2, 0.25) is 0 Å². The quantitative estimate of drug-likeness (QED) is 0.865. The molecule has 102 valence electrons. The summed E-state index contributed by atoms with van der Waals surface area (Å²) in [6.07, 6.45) is 5.70. The Kier molecular flexibility index (Phi) is 3.08. The normalized spacial score (nSPS) is 40.3. The summed E-state index contributed by atoms with van der Waals surface area (Å²) in [5.74, 6) is 2.71. The molecule has 0 aromatic heterocycles. The molecule has 2 nitrogen and oxygen atoms in total. The summed E-state index contributed by atoms with van der Waals surface area (Å²) in [7, 11) is 0. The van der Waals surface area contributed by atoms with E-state index in [0.29, 0.717) is 0 Å². The van der Waals surface area contributed by atoms with Crippen molar-refractivity contribution in [2.45, 2.75) is 43.7 Å². The van der Waals surface area contributed by atoms with Crippen LogP contribution in [0.3, 0.4) is 0 Å². The van der Waals surface area contributed by atoms with Crippen molar-refractivity contribution in [3.8, 4) is 0 Å². The van der Waals surface area contributed by atoms with Crippen LogP contribution in [0.5, 0.6) is 0 Å². The van der Waals surface area contributed by atoms with E-state index in [-0.39, 0.29) is 0 Å². The maximum atomic E-state index is 3.80. The first-order valence-corrected chi connectivity index (χ1v) is 7.93. The van der Waals surface area contributed by atoms with Gasteiger partial charge >= 0.3 is 0 Å². The third kappa shape index (κ3) is 2.32. The van der Waals surface area contributed by atoms with E-state index in [9.17, 15) is 0 Å². The van der Waals surface area contributed by atoms with E-state index < -0.39 is 0 Å². The van der Waals surface area contributed by atoms with Crippen LogP contribution in [0, 0.1) is 11.8 Å². The molecule has 3 aliphatic rings. The molecule has 1 aromatic rings. The van der Waals surface area contributed by atoms with Crippen molar-refractivity contribution in [1.29, 1.82) is 0 Å². The van der Waals surface area contributed by atoms with E-state index in [1.165, 1.54) is 44.3 Å². The highest BCUT2D eigenvalue weighted by molar-refractivity contribution is 5.27. The topological polar surface area (TPSA) is 24.1 Å². The summed E-state index contributed by atoms with van der Waals surface area (Å²) in [6, 6.07) is 12.4. The summed E-state index contributed by atoms with van der Waals surface area (Å²) in [6.45, 7) is 2.44. The second kappa shape index (κ2) is 4.92. The van der Waals surface area contributed by atoms with Gasteiger partial charge in [0.15, 0.2) is 0 Å². The highest BCUT2D eigenvalue weighted by Crippen LogP contribution is 2.41. The molecule has 0 amide bonds. The van der Waals surface area contributed by atoms with E-state index >= 15 is 0 Å². The van der Waals surface area contributed by atoms with E-state index in [4.69, 9.17) is 0 Å². The largest absolute Gasteiger partial charge is 0.312 e. The van der Waals surface area contributed by atoms with Gasteiger partial charge in [-0.2, -0.15) is 0 Å². The molecule has 0 bridgehead atoms. The lowest BCUT2D eigenvalue weighted by Gasteiger charge is -2.18. The fourth-order valence-corrected chi connectivity index (χ4v) is 4.29. The van der Waals surface area contributed by atoms with Crippen molar-refractivity contribution in [2.75, 3.05) is 13.1 Å². The van der Waals surface area contributed by atoms with Crippen molar-refractivity contribution < 1.29 is 0 Å². The van der Waals surface area contributed by atoms with Gasteiger partial charge in [0.1, 0.15) is 0 Å². The first-order valence-electron chi connectivity index (χ1n) is 7.93. The van der Waals surface area contributed by atoms with Crippen LogP contribution in [0.15, 0.2) is 30.3 Å². The van der Waals surface area contributed by atoms with Gasteiger partial charge in [0, 0.05) is 24.5 Å². The molecule has 0 radical (unpaired) electrons. The summed E-state index contributed by atoms with van der Waals surface area (Å²) in [5, 5.41) is 7.53. The maximum Gasteiger partial charge on any atom is 0.0224 e. The Morgan fingerprint density at radius 2 is 2.05 bits per heavy atom. The molecule has 5 unspecified atom stereocenters. The first kappa shape index (κ1) is 11.9. The third-order valence-electron chi connectivity index (χ3n) is 5.50. The van der Waals surface area contributed by atoms with Crippen molar-refractivity contribution in [1.82, 2.24) is 10.6 Å². The van der Waals surface area contributed by atoms with E-state index in [0.717, 1.165) is 29.8 Å². The Hall–Kier alpha value is -0.860. The lowest BCUT2D eigenvalue weighted by Crippen LogP contribution is -2.39. The van der Waals surface area contributed by atoms with Gasteiger partial charge in [0.05, 0.1) is 0 Å². The minimum absolute atomic E-state index is 0.727. The molecule has 1 aromatic carbocycles. The van der Waals surface area contributed by atoms with Gasteiger partial charge in [-0.1, -0.05) is 36.8 Å². The number of hydrogen-bond acceptors (Lipinski definition) is 2. The zero-order chi connectivity index (χ0) is 12.7. The van der Waals surface area contributed by atoms with Crippen molar-refractivity contribution in [3.63, 3.8) is 0 Å². The predicted octanol–water partition coefficient (Wildman–Crippen LogP) is 2.52. The Bertz CT molecular complexity index is 430. The van der Waals surface area contributed by atoms with Crippen LogP contribution in [-0.4, -0.2) is 25.2 Å². The van der Waals surface area contributed by atoms with E-state index in [1.54, 1.807) is 0 Å². The van der Waals surface area contributed by atoms with Crippen LogP contribution >= 0.6 is 0 Å². The average molecular weight is 256 g/mol. The molecule has 1 aliphatic heterocycles. The van der Waals surface area contributed by atoms with Crippen LogP contribution in [-0.2, 0) is 0 Å². The minimum Gasteiger partial charge on any atom is -0.312 e. The Balaban J connectivity index is 1.28. The van der Waals surface area contributed by atoms with Crippen molar-refractivity contribution >= 4 is 0 Å². The number of nitrogens with one attached hydrogen (secondary N) is 2. The molecular formula is C17H24N2. The first-order chi connectivity index (χ1) is 9.42. The Morgan fingerprint density at radius 3 is 2.95 bits per heavy atom. The van der Waals surface area contributed by atoms with Crippen LogP contribution in [0.25, 0.3) is 0 Å². The summed E-state index contributed by atoms with van der Waals surface area (Å²) in [4.78, 5) is 0. The average Bonchev–Trinajstić information content (AvgIpc) is 2.90. The molecule has 4 rings (SSSR count). The summed E-state index contributed by atoms with van der Waals surface area (Å²) < 4.78 is 0. The standard InChI is InChI=1S/C17H24N2/c1-2-5-12(6-3-1)15-9-16(15)19-11-17-14-8-4-7-13(14)10-18-17/h1-3,5-6,13-19H,4,7-11H2. The maximum absolute atomic E-state index is 3.80. The highest BCUT2D eigenvalue weighted by atomic mass is 15.1. The van der Waals surface area contributed by atoms with Crippen LogP contribution in [0.4, 0.5) is 0 Å². The number of hydrogen-bond donors (Lipinski definition) is 2. The third-order valence-corrected chi connectivity index (χ3v) is 5.50. The van der Waals surface area contributed by atoms with Gasteiger partial charge in [-0.15, -0.1) is 0 Å². The lowest BCUT2D eigenvalue weighted by molar-refractivity contribution is 0.392. The molecule has 19 heavy (non-hydrogen) atoms. The zero-order valence-corrected chi connectivity index (χ0v) is 11.5. The number of fused-ring (bicyclic) bond motifs is 1. The monoisotopic (exact) mass is 256 g/mol. The van der Waals surface area contributed by atoms with Gasteiger partial charge in [-0.05, 0) is 43.2 Å². The second-order valence-electron chi connectivity index (χ2n) is 6.64. The van der Waals surface area contributed by atoms with Gasteiger partial charge in [-0.25, -0.2) is 0 Å². The molecule has 2 aliphatic carbocycles. The summed E-state index contributed by atoms with van der Waals surface area (Å²) in [5.41, 5.74) is 1.51. The second-order valence-corrected chi connectivity index (χ2v) is 6.64. The van der Waals surface area contributed by atoms with Gasteiger partial charge in [-0.3, -0.25) is 0 Å². The van der Waals surface area contributed by atoms with Gasteiger partial charge in [0.2, 0.25) is 0 Å². The zero-order valence-electron chi connectivity index (χ0n) is 11.5. The summed E-state index contributed by atoms with van der Waals surface area (Å²) >= 11 is 0. The van der Waals surface area contributed by atoms with E-state index in [1.807, 2.05) is 0 Å². The highest BCUT2D eigenvalue weighted by Gasteiger charge is 2.41. The number of rotatable bonds is 4. The lowest BCUT2D eigenvalue weighted by atomic mass is 9.94. The molecule has 2 heteroatoms. The number of benzene rings is 1. The van der Waals surface area contributed by atoms with Crippen molar-refractivity contribution in [2.24, 2.45) is 11.8 Å². The molecule has 2 saturated carbocycles. The van der Waals surface area contributed by atoms with E-state index in [2.05, 4.69) is 41.0 Å². The smallest absolute Gasteiger partial charge is 0.0224 e. The Labute approximate surface area is 116 Å². The fourth-order valence-electron chi connectivity index (χ4n) is 4.29. The Morgan fingerprint density at radius 1 is 1.16 bits per heavy atom.